The normalized spacial score (nSPS) is 10.1. The number of benzene rings is 1. The fourth-order valence-corrected chi connectivity index (χ4v) is 1.85. The highest BCUT2D eigenvalue weighted by molar-refractivity contribution is 6.32. The molecule has 114 valence electrons. The first-order valence-electron chi connectivity index (χ1n) is 6.25. The van der Waals surface area contributed by atoms with Crippen LogP contribution >= 0.6 is 11.6 Å². The van der Waals surface area contributed by atoms with Crippen molar-refractivity contribution in [1.29, 1.82) is 0 Å². The minimum Gasteiger partial charge on any atom is -0.482 e. The van der Waals surface area contributed by atoms with Gasteiger partial charge in [0.2, 0.25) is 0 Å². The van der Waals surface area contributed by atoms with Crippen LogP contribution in [0, 0.1) is 17.0 Å². The lowest BCUT2D eigenvalue weighted by Gasteiger charge is -2.09. The molecule has 1 heterocycles. The number of ether oxygens (including phenoxy) is 1. The van der Waals surface area contributed by atoms with Crippen molar-refractivity contribution in [3.63, 3.8) is 0 Å². The van der Waals surface area contributed by atoms with Crippen LogP contribution in [0.5, 0.6) is 5.75 Å². The summed E-state index contributed by atoms with van der Waals surface area (Å²) in [5.41, 5.74) is 0.350. The summed E-state index contributed by atoms with van der Waals surface area (Å²) in [5, 5.41) is 13.6. The van der Waals surface area contributed by atoms with Gasteiger partial charge in [0.15, 0.2) is 6.61 Å². The van der Waals surface area contributed by atoms with Gasteiger partial charge in [-0.05, 0) is 24.6 Å². The molecule has 1 aromatic carbocycles. The number of halogens is 1. The van der Waals surface area contributed by atoms with E-state index in [2.05, 4.69) is 10.3 Å². The Bertz CT molecular complexity index is 721. The zero-order valence-corrected chi connectivity index (χ0v) is 12.3. The van der Waals surface area contributed by atoms with Gasteiger partial charge in [-0.1, -0.05) is 23.7 Å². The van der Waals surface area contributed by atoms with E-state index in [-0.39, 0.29) is 18.1 Å². The molecule has 2 aromatic rings. The van der Waals surface area contributed by atoms with Crippen LogP contribution in [-0.4, -0.2) is 22.4 Å². The fraction of sp³-hybridized carbons (Fsp3) is 0.143. The van der Waals surface area contributed by atoms with Crippen molar-refractivity contribution in [2.75, 3.05) is 11.9 Å². The molecule has 0 fully saturated rings. The number of aromatic nitrogens is 1. The minimum atomic E-state index is -0.549. The van der Waals surface area contributed by atoms with Crippen LogP contribution in [0.1, 0.15) is 5.56 Å². The zero-order valence-electron chi connectivity index (χ0n) is 11.6. The Kier molecular flexibility index (Phi) is 4.90. The SMILES string of the molecule is Cc1cc([N+](=O)[O-])cnc1NC(=O)COc1ccccc1Cl. The number of pyridine rings is 1. The maximum Gasteiger partial charge on any atom is 0.287 e. The molecule has 0 radical (unpaired) electrons. The minimum absolute atomic E-state index is 0.136. The molecule has 1 N–H and O–H groups in total. The molecule has 0 saturated heterocycles. The Morgan fingerprint density at radius 2 is 2.18 bits per heavy atom. The van der Waals surface area contributed by atoms with Crippen LogP contribution in [0.25, 0.3) is 0 Å². The van der Waals surface area contributed by atoms with E-state index in [9.17, 15) is 14.9 Å². The molecule has 1 amide bonds. The van der Waals surface area contributed by atoms with E-state index in [1.165, 1.54) is 6.07 Å². The number of nitrogens with zero attached hydrogens (tertiary/aromatic N) is 2. The molecule has 0 atom stereocenters. The molecule has 0 spiro atoms. The number of carbonyl (C=O) groups excluding carboxylic acids is 1. The first kappa shape index (κ1) is 15.7. The number of amides is 1. The Hall–Kier alpha value is -2.67. The smallest absolute Gasteiger partial charge is 0.287 e. The summed E-state index contributed by atoms with van der Waals surface area (Å²) in [6.07, 6.45) is 1.08. The molecule has 0 bridgehead atoms. The summed E-state index contributed by atoms with van der Waals surface area (Å²) in [6, 6.07) is 8.11. The van der Waals surface area contributed by atoms with Gasteiger partial charge in [0, 0.05) is 6.07 Å². The van der Waals surface area contributed by atoms with Gasteiger partial charge in [0.1, 0.15) is 17.8 Å². The number of aryl methyl sites for hydroxylation is 1. The monoisotopic (exact) mass is 321 g/mol. The number of para-hydroxylation sites is 1. The van der Waals surface area contributed by atoms with Gasteiger partial charge < -0.3 is 10.1 Å². The third kappa shape index (κ3) is 3.92. The molecule has 1 aromatic heterocycles. The van der Waals surface area contributed by atoms with Gasteiger partial charge in [0.25, 0.3) is 11.6 Å². The lowest BCUT2D eigenvalue weighted by atomic mass is 10.2. The van der Waals surface area contributed by atoms with E-state index in [0.29, 0.717) is 16.3 Å². The van der Waals surface area contributed by atoms with Crippen LogP contribution in [0.4, 0.5) is 11.5 Å². The molecular formula is C14H12ClN3O4. The highest BCUT2D eigenvalue weighted by Crippen LogP contribution is 2.23. The van der Waals surface area contributed by atoms with Crippen molar-refractivity contribution in [3.05, 3.63) is 57.2 Å². The summed E-state index contributed by atoms with van der Waals surface area (Å²) in [7, 11) is 0. The van der Waals surface area contributed by atoms with Crippen molar-refractivity contribution < 1.29 is 14.5 Å². The van der Waals surface area contributed by atoms with Crippen molar-refractivity contribution in [3.8, 4) is 5.75 Å². The quantitative estimate of drug-likeness (QED) is 0.674. The number of nitrogens with one attached hydrogen (secondary N) is 1. The Balaban J connectivity index is 1.98. The molecule has 0 saturated carbocycles. The predicted molar refractivity (Wildman–Crippen MR) is 81.2 cm³/mol. The summed E-state index contributed by atoms with van der Waals surface area (Å²) < 4.78 is 5.29. The van der Waals surface area contributed by atoms with Crippen molar-refractivity contribution >= 4 is 29.0 Å². The van der Waals surface area contributed by atoms with Crippen LogP contribution in [0.15, 0.2) is 36.5 Å². The van der Waals surface area contributed by atoms with Crippen molar-refractivity contribution in [2.45, 2.75) is 6.92 Å². The number of hydrogen-bond donors (Lipinski definition) is 1. The molecule has 8 heteroatoms. The summed E-state index contributed by atoms with van der Waals surface area (Å²) in [5.74, 6) is 0.204. The third-order valence-electron chi connectivity index (χ3n) is 2.73. The van der Waals surface area contributed by atoms with E-state index in [1.807, 2.05) is 0 Å². The van der Waals surface area contributed by atoms with Crippen LogP contribution < -0.4 is 10.1 Å². The first-order chi connectivity index (χ1) is 10.5. The van der Waals surface area contributed by atoms with Gasteiger partial charge in [-0.15, -0.1) is 0 Å². The van der Waals surface area contributed by atoms with Gasteiger partial charge in [-0.3, -0.25) is 14.9 Å². The second kappa shape index (κ2) is 6.86. The number of anilines is 1. The highest BCUT2D eigenvalue weighted by atomic mass is 35.5. The average molecular weight is 322 g/mol. The number of hydrogen-bond acceptors (Lipinski definition) is 5. The second-order valence-corrected chi connectivity index (χ2v) is 4.79. The lowest BCUT2D eigenvalue weighted by molar-refractivity contribution is -0.385. The topological polar surface area (TPSA) is 94.4 Å². The number of rotatable bonds is 5. The van der Waals surface area contributed by atoms with E-state index in [4.69, 9.17) is 16.3 Å². The van der Waals surface area contributed by atoms with Gasteiger partial charge in [-0.2, -0.15) is 0 Å². The van der Waals surface area contributed by atoms with E-state index in [1.54, 1.807) is 31.2 Å². The largest absolute Gasteiger partial charge is 0.482 e. The zero-order chi connectivity index (χ0) is 16.1. The summed E-state index contributed by atoms with van der Waals surface area (Å²) in [6.45, 7) is 1.37. The van der Waals surface area contributed by atoms with Crippen LogP contribution in [0.2, 0.25) is 5.02 Å². The standard InChI is InChI=1S/C14H12ClN3O4/c1-9-6-10(18(20)21)7-16-14(9)17-13(19)8-22-12-5-3-2-4-11(12)15/h2-7H,8H2,1H3,(H,16,17,19). The van der Waals surface area contributed by atoms with E-state index < -0.39 is 10.8 Å². The molecule has 0 aliphatic heterocycles. The molecular weight excluding hydrogens is 310 g/mol. The summed E-state index contributed by atoms with van der Waals surface area (Å²) >= 11 is 5.91. The molecule has 0 unspecified atom stereocenters. The van der Waals surface area contributed by atoms with Crippen molar-refractivity contribution in [2.24, 2.45) is 0 Å². The number of nitro groups is 1. The second-order valence-electron chi connectivity index (χ2n) is 4.38. The van der Waals surface area contributed by atoms with E-state index in [0.717, 1.165) is 6.20 Å². The van der Waals surface area contributed by atoms with Crippen LogP contribution in [-0.2, 0) is 4.79 Å². The average Bonchev–Trinajstić information content (AvgIpc) is 2.48. The Morgan fingerprint density at radius 3 is 2.82 bits per heavy atom. The van der Waals surface area contributed by atoms with Gasteiger partial charge >= 0.3 is 0 Å². The summed E-state index contributed by atoms with van der Waals surface area (Å²) in [4.78, 5) is 25.7. The lowest BCUT2D eigenvalue weighted by Crippen LogP contribution is -2.21. The molecule has 0 aliphatic rings. The Labute approximate surface area is 131 Å². The molecule has 22 heavy (non-hydrogen) atoms. The maximum atomic E-state index is 11.8. The Morgan fingerprint density at radius 1 is 1.45 bits per heavy atom. The van der Waals surface area contributed by atoms with E-state index >= 15 is 0 Å². The fourth-order valence-electron chi connectivity index (χ4n) is 1.66. The number of carbonyl (C=O) groups is 1. The third-order valence-corrected chi connectivity index (χ3v) is 3.04. The van der Waals surface area contributed by atoms with Crippen molar-refractivity contribution in [1.82, 2.24) is 4.98 Å². The molecule has 2 rings (SSSR count). The van der Waals surface area contributed by atoms with Gasteiger partial charge in [0.05, 0.1) is 9.95 Å². The first-order valence-corrected chi connectivity index (χ1v) is 6.63. The highest BCUT2D eigenvalue weighted by Gasteiger charge is 2.12. The molecule has 0 aliphatic carbocycles. The maximum absolute atomic E-state index is 11.8. The molecule has 7 nitrogen and oxygen atoms in total. The predicted octanol–water partition coefficient (Wildman–Crippen LogP) is 2.97. The van der Waals surface area contributed by atoms with Gasteiger partial charge in [-0.25, -0.2) is 4.98 Å². The van der Waals surface area contributed by atoms with Crippen LogP contribution in [0.3, 0.4) is 0 Å².